The molecule has 1 heterocycles. The van der Waals surface area contributed by atoms with E-state index in [-0.39, 0.29) is 17.9 Å². The average molecular weight is 245 g/mol. The Morgan fingerprint density at radius 3 is 2.72 bits per heavy atom. The van der Waals surface area contributed by atoms with Crippen molar-refractivity contribution in [3.05, 3.63) is 48.4 Å². The Kier molecular flexibility index (Phi) is 3.74. The Labute approximate surface area is 105 Å². The summed E-state index contributed by atoms with van der Waals surface area (Å²) >= 11 is 0. The summed E-state index contributed by atoms with van der Waals surface area (Å²) in [5, 5.41) is 6.21. The van der Waals surface area contributed by atoms with E-state index in [9.17, 15) is 4.79 Å². The number of hydrogen-bond donors (Lipinski definition) is 2. The quantitative estimate of drug-likeness (QED) is 0.862. The minimum atomic E-state index is -0.345. The molecule has 18 heavy (non-hydrogen) atoms. The highest BCUT2D eigenvalue weighted by atomic mass is 16.5. The molecule has 2 rings (SSSR count). The summed E-state index contributed by atoms with van der Waals surface area (Å²) in [4.78, 5) is 12.0. The highest BCUT2D eigenvalue weighted by Gasteiger charge is 2.22. The van der Waals surface area contributed by atoms with E-state index in [0.29, 0.717) is 5.69 Å². The van der Waals surface area contributed by atoms with Crippen LogP contribution in [0.4, 0.5) is 5.69 Å². The van der Waals surface area contributed by atoms with Crippen LogP contribution in [0.2, 0.25) is 0 Å². The molecule has 0 fully saturated rings. The molecule has 0 saturated heterocycles. The van der Waals surface area contributed by atoms with Gasteiger partial charge in [0.25, 0.3) is 0 Å². The van der Waals surface area contributed by atoms with Gasteiger partial charge in [0, 0.05) is 6.04 Å². The van der Waals surface area contributed by atoms with E-state index in [0.717, 1.165) is 5.56 Å². The molecule has 0 bridgehead atoms. The number of benzene rings is 1. The van der Waals surface area contributed by atoms with Gasteiger partial charge in [0.1, 0.15) is 12.0 Å². The zero-order valence-corrected chi connectivity index (χ0v) is 10.0. The third-order valence-corrected chi connectivity index (χ3v) is 2.84. The molecule has 94 valence electrons. The lowest BCUT2D eigenvalue weighted by molar-refractivity contribution is -0.120. The summed E-state index contributed by atoms with van der Waals surface area (Å²) in [5.74, 6) is -0.503. The zero-order valence-electron chi connectivity index (χ0n) is 10.0. The van der Waals surface area contributed by atoms with Crippen molar-refractivity contribution in [1.29, 1.82) is 0 Å². The molecular formula is C13H15N3O2. The molecule has 0 aliphatic heterocycles. The fourth-order valence-corrected chi connectivity index (χ4v) is 1.65. The van der Waals surface area contributed by atoms with Gasteiger partial charge >= 0.3 is 0 Å². The first kappa shape index (κ1) is 12.3. The second kappa shape index (κ2) is 5.46. The largest absolute Gasteiger partial charge is 0.363 e. The smallest absolute Gasteiger partial charge is 0.229 e. The van der Waals surface area contributed by atoms with E-state index in [1.54, 1.807) is 6.92 Å². The minimum Gasteiger partial charge on any atom is -0.363 e. The van der Waals surface area contributed by atoms with Gasteiger partial charge in [-0.05, 0) is 5.56 Å². The second-order valence-electron chi connectivity index (χ2n) is 4.13. The van der Waals surface area contributed by atoms with Gasteiger partial charge in [0.15, 0.2) is 0 Å². The van der Waals surface area contributed by atoms with Crippen molar-refractivity contribution in [2.45, 2.75) is 13.0 Å². The maximum Gasteiger partial charge on any atom is 0.229 e. The fraction of sp³-hybridized carbons (Fsp3) is 0.231. The molecule has 5 heteroatoms. The lowest BCUT2D eigenvalue weighted by Crippen LogP contribution is -2.30. The maximum absolute atomic E-state index is 12.0. The number of nitrogens with one attached hydrogen (secondary N) is 1. The van der Waals surface area contributed by atoms with E-state index in [1.807, 2.05) is 30.3 Å². The molecule has 2 atom stereocenters. The highest BCUT2D eigenvalue weighted by Crippen LogP contribution is 2.20. The van der Waals surface area contributed by atoms with E-state index >= 15 is 0 Å². The Morgan fingerprint density at radius 2 is 2.11 bits per heavy atom. The second-order valence-corrected chi connectivity index (χ2v) is 4.13. The van der Waals surface area contributed by atoms with Crippen molar-refractivity contribution < 1.29 is 9.32 Å². The average Bonchev–Trinajstić information content (AvgIpc) is 2.91. The van der Waals surface area contributed by atoms with E-state index in [2.05, 4.69) is 15.0 Å². The fourth-order valence-electron chi connectivity index (χ4n) is 1.65. The monoisotopic (exact) mass is 245 g/mol. The van der Waals surface area contributed by atoms with Gasteiger partial charge in [-0.25, -0.2) is 0 Å². The molecule has 0 aliphatic rings. The minimum absolute atomic E-state index is 0.158. The number of carbonyl (C=O) groups excluding carboxylic acids is 1. The molecule has 0 radical (unpaired) electrons. The number of carbonyl (C=O) groups is 1. The number of rotatable bonds is 4. The standard InChI is InChI=1S/C13H15N3O2/c1-9(12(14)10-5-3-2-4-6-10)13(17)16-11-7-15-18-8-11/h2-9,12H,14H2,1H3,(H,16,17). The van der Waals surface area contributed by atoms with Gasteiger partial charge < -0.3 is 15.6 Å². The lowest BCUT2D eigenvalue weighted by atomic mass is 9.95. The summed E-state index contributed by atoms with van der Waals surface area (Å²) in [6.07, 6.45) is 2.82. The SMILES string of the molecule is CC(C(=O)Nc1cnoc1)C(N)c1ccccc1. The number of nitrogens with two attached hydrogens (primary N) is 1. The van der Waals surface area contributed by atoms with Crippen LogP contribution in [0.25, 0.3) is 0 Å². The van der Waals surface area contributed by atoms with Crippen molar-refractivity contribution in [2.24, 2.45) is 11.7 Å². The Hall–Kier alpha value is -2.14. The first-order chi connectivity index (χ1) is 8.68. The van der Waals surface area contributed by atoms with Crippen LogP contribution in [-0.4, -0.2) is 11.1 Å². The lowest BCUT2D eigenvalue weighted by Gasteiger charge is -2.19. The van der Waals surface area contributed by atoms with Gasteiger partial charge in [-0.1, -0.05) is 42.4 Å². The number of anilines is 1. The van der Waals surface area contributed by atoms with Crippen molar-refractivity contribution >= 4 is 11.6 Å². The molecule has 1 aromatic carbocycles. The van der Waals surface area contributed by atoms with Crippen molar-refractivity contribution in [3.8, 4) is 0 Å². The van der Waals surface area contributed by atoms with Gasteiger partial charge in [-0.15, -0.1) is 0 Å². The summed E-state index contributed by atoms with van der Waals surface area (Å²) in [6, 6.07) is 9.20. The molecule has 5 nitrogen and oxygen atoms in total. The Bertz CT molecular complexity index is 496. The number of hydrogen-bond acceptors (Lipinski definition) is 4. The molecule has 0 aliphatic carbocycles. The van der Waals surface area contributed by atoms with E-state index in [1.165, 1.54) is 12.5 Å². The predicted octanol–water partition coefficient (Wildman–Crippen LogP) is 1.95. The van der Waals surface area contributed by atoms with Crippen molar-refractivity contribution in [1.82, 2.24) is 5.16 Å². The van der Waals surface area contributed by atoms with Crippen molar-refractivity contribution in [3.63, 3.8) is 0 Å². The van der Waals surface area contributed by atoms with Crippen LogP contribution >= 0.6 is 0 Å². The van der Waals surface area contributed by atoms with Crippen LogP contribution < -0.4 is 11.1 Å². The van der Waals surface area contributed by atoms with Crippen LogP contribution in [0.15, 0.2) is 47.3 Å². The summed E-state index contributed by atoms with van der Waals surface area (Å²) < 4.78 is 4.64. The van der Waals surface area contributed by atoms with Crippen molar-refractivity contribution in [2.75, 3.05) is 5.32 Å². The van der Waals surface area contributed by atoms with Crippen LogP contribution in [0.1, 0.15) is 18.5 Å². The van der Waals surface area contributed by atoms with Crippen LogP contribution in [0.3, 0.4) is 0 Å². The van der Waals surface area contributed by atoms with Crippen LogP contribution in [0.5, 0.6) is 0 Å². The summed E-state index contributed by atoms with van der Waals surface area (Å²) in [7, 11) is 0. The Morgan fingerprint density at radius 1 is 1.39 bits per heavy atom. The number of aromatic nitrogens is 1. The maximum atomic E-state index is 12.0. The third-order valence-electron chi connectivity index (χ3n) is 2.84. The predicted molar refractivity (Wildman–Crippen MR) is 67.7 cm³/mol. The normalized spacial score (nSPS) is 13.9. The van der Waals surface area contributed by atoms with E-state index in [4.69, 9.17) is 5.73 Å². The number of nitrogens with zero attached hydrogens (tertiary/aromatic N) is 1. The van der Waals surface area contributed by atoms with Gasteiger partial charge in [-0.2, -0.15) is 0 Å². The van der Waals surface area contributed by atoms with Gasteiger partial charge in [0.2, 0.25) is 5.91 Å². The first-order valence-electron chi connectivity index (χ1n) is 5.69. The number of amides is 1. The highest BCUT2D eigenvalue weighted by molar-refractivity contribution is 5.92. The topological polar surface area (TPSA) is 81.2 Å². The molecule has 1 amide bonds. The van der Waals surface area contributed by atoms with Crippen LogP contribution in [-0.2, 0) is 4.79 Å². The molecule has 0 saturated carbocycles. The molecule has 2 aromatic rings. The first-order valence-corrected chi connectivity index (χ1v) is 5.69. The molecule has 0 spiro atoms. The van der Waals surface area contributed by atoms with Gasteiger partial charge in [0.05, 0.1) is 12.1 Å². The zero-order chi connectivity index (χ0) is 13.0. The van der Waals surface area contributed by atoms with E-state index < -0.39 is 0 Å². The third kappa shape index (κ3) is 2.75. The summed E-state index contributed by atoms with van der Waals surface area (Å²) in [6.45, 7) is 1.79. The molecule has 1 aromatic heterocycles. The molecular weight excluding hydrogens is 230 g/mol. The van der Waals surface area contributed by atoms with Gasteiger partial charge in [-0.3, -0.25) is 4.79 Å². The summed E-state index contributed by atoms with van der Waals surface area (Å²) in [5.41, 5.74) is 7.54. The van der Waals surface area contributed by atoms with Crippen LogP contribution in [0, 0.1) is 5.92 Å². The molecule has 3 N–H and O–H groups in total. The molecule has 2 unspecified atom stereocenters. The Balaban J connectivity index is 2.02.